The molecule has 0 aliphatic heterocycles. The van der Waals surface area contributed by atoms with Crippen molar-refractivity contribution in [3.63, 3.8) is 0 Å². The summed E-state index contributed by atoms with van der Waals surface area (Å²) in [5.41, 5.74) is 3.85. The first-order chi connectivity index (χ1) is 14.2. The molecule has 0 saturated heterocycles. The van der Waals surface area contributed by atoms with Crippen LogP contribution in [0.4, 0.5) is 5.69 Å². The van der Waals surface area contributed by atoms with Crippen molar-refractivity contribution >= 4 is 34.9 Å². The third kappa shape index (κ3) is 4.93. The molecule has 3 aromatic rings. The van der Waals surface area contributed by atoms with Crippen molar-refractivity contribution in [3.8, 4) is 11.3 Å². The van der Waals surface area contributed by atoms with E-state index in [0.717, 1.165) is 11.1 Å². The van der Waals surface area contributed by atoms with Gasteiger partial charge < -0.3 is 14.8 Å². The molecule has 3 rings (SSSR count). The van der Waals surface area contributed by atoms with Gasteiger partial charge in [0.1, 0.15) is 5.76 Å². The highest BCUT2D eigenvalue weighted by atomic mass is 32.1. The van der Waals surface area contributed by atoms with Gasteiger partial charge in [0.25, 0.3) is 5.91 Å². The number of carbonyl (C=O) groups is 2. The van der Waals surface area contributed by atoms with Gasteiger partial charge in [0.05, 0.1) is 5.69 Å². The van der Waals surface area contributed by atoms with Gasteiger partial charge in [-0.3, -0.25) is 10.1 Å². The Morgan fingerprint density at radius 1 is 1.03 bits per heavy atom. The fourth-order valence-corrected chi connectivity index (χ4v) is 3.12. The van der Waals surface area contributed by atoms with Crippen LogP contribution in [-0.2, 0) is 0 Å². The van der Waals surface area contributed by atoms with Gasteiger partial charge in [-0.25, -0.2) is 4.79 Å². The molecule has 0 bridgehead atoms. The van der Waals surface area contributed by atoms with Crippen LogP contribution in [-0.4, -0.2) is 22.1 Å². The van der Waals surface area contributed by atoms with Crippen molar-refractivity contribution in [1.82, 2.24) is 5.32 Å². The van der Waals surface area contributed by atoms with Crippen LogP contribution in [0.3, 0.4) is 0 Å². The lowest BCUT2D eigenvalue weighted by Gasteiger charge is -2.14. The molecule has 0 atom stereocenters. The molecule has 2 aromatic carbocycles. The van der Waals surface area contributed by atoms with Gasteiger partial charge in [0.15, 0.2) is 5.11 Å². The lowest BCUT2D eigenvalue weighted by molar-refractivity contribution is 0.0663. The van der Waals surface area contributed by atoms with Gasteiger partial charge in [0.2, 0.25) is 5.76 Å². The van der Waals surface area contributed by atoms with E-state index in [4.69, 9.17) is 21.7 Å². The number of amides is 1. The quantitative estimate of drug-likeness (QED) is 0.489. The summed E-state index contributed by atoms with van der Waals surface area (Å²) in [7, 11) is 0. The van der Waals surface area contributed by atoms with E-state index in [1.165, 1.54) is 6.07 Å². The molecule has 0 unspecified atom stereocenters. The minimum absolute atomic E-state index is 0.129. The molecule has 0 fully saturated rings. The average molecular weight is 423 g/mol. The molecule has 1 heterocycles. The Morgan fingerprint density at radius 2 is 1.73 bits per heavy atom. The van der Waals surface area contributed by atoms with Crippen LogP contribution in [0.15, 0.2) is 59.0 Å². The van der Waals surface area contributed by atoms with Gasteiger partial charge in [-0.05, 0) is 72.6 Å². The molecule has 6 nitrogen and oxygen atoms in total. The fraction of sp³-hybridized carbons (Fsp3) is 0.174. The van der Waals surface area contributed by atoms with Gasteiger partial charge in [-0.1, -0.05) is 32.0 Å². The molecule has 7 heteroatoms. The molecule has 0 aliphatic rings. The van der Waals surface area contributed by atoms with Crippen molar-refractivity contribution in [2.75, 3.05) is 5.32 Å². The second-order valence-electron chi connectivity index (χ2n) is 7.20. The van der Waals surface area contributed by atoms with Crippen molar-refractivity contribution in [3.05, 3.63) is 77.0 Å². The number of nitrogens with one attached hydrogen (secondary N) is 2. The summed E-state index contributed by atoms with van der Waals surface area (Å²) in [4.78, 5) is 23.6. The summed E-state index contributed by atoms with van der Waals surface area (Å²) in [6, 6.07) is 15.9. The molecular formula is C23H22N2O4S. The van der Waals surface area contributed by atoms with E-state index < -0.39 is 5.97 Å². The number of furan rings is 1. The topological polar surface area (TPSA) is 91.6 Å². The summed E-state index contributed by atoms with van der Waals surface area (Å²) in [5, 5.41) is 14.9. The van der Waals surface area contributed by atoms with Crippen molar-refractivity contribution < 1.29 is 19.1 Å². The SMILES string of the molecule is Cc1ccc(-c2ccc(C(=O)O)o2)c(NC(=S)NC(=O)c2ccc(C(C)C)cc2)c1. The van der Waals surface area contributed by atoms with Gasteiger partial charge in [-0.15, -0.1) is 0 Å². The molecule has 3 N–H and O–H groups in total. The first-order valence-corrected chi connectivity index (χ1v) is 9.82. The molecule has 30 heavy (non-hydrogen) atoms. The van der Waals surface area contributed by atoms with Crippen molar-refractivity contribution in [2.24, 2.45) is 0 Å². The van der Waals surface area contributed by atoms with E-state index >= 15 is 0 Å². The van der Waals surface area contributed by atoms with Crippen LogP contribution >= 0.6 is 12.2 Å². The number of carbonyl (C=O) groups excluding carboxylic acids is 1. The Bertz CT molecular complexity index is 1100. The highest BCUT2D eigenvalue weighted by Crippen LogP contribution is 2.30. The van der Waals surface area contributed by atoms with E-state index in [9.17, 15) is 9.59 Å². The number of rotatable bonds is 5. The largest absolute Gasteiger partial charge is 0.475 e. The van der Waals surface area contributed by atoms with Crippen LogP contribution in [0.5, 0.6) is 0 Å². The Labute approximate surface area is 179 Å². The molecule has 1 aromatic heterocycles. The van der Waals surface area contributed by atoms with E-state index in [1.54, 1.807) is 24.3 Å². The maximum Gasteiger partial charge on any atom is 0.371 e. The van der Waals surface area contributed by atoms with Gasteiger partial charge in [0, 0.05) is 11.1 Å². The molecule has 0 radical (unpaired) electrons. The maximum absolute atomic E-state index is 12.5. The number of carboxylic acid groups (broad SMARTS) is 1. The van der Waals surface area contributed by atoms with E-state index in [0.29, 0.717) is 28.5 Å². The number of aromatic carboxylic acids is 1. The predicted molar refractivity (Wildman–Crippen MR) is 120 cm³/mol. The number of aryl methyl sites for hydroxylation is 1. The zero-order chi connectivity index (χ0) is 21.8. The summed E-state index contributed by atoms with van der Waals surface area (Å²) in [6.45, 7) is 6.09. The van der Waals surface area contributed by atoms with Crippen LogP contribution in [0, 0.1) is 6.92 Å². The average Bonchev–Trinajstić information content (AvgIpc) is 3.18. The Balaban J connectivity index is 1.76. The zero-order valence-corrected chi connectivity index (χ0v) is 17.7. The van der Waals surface area contributed by atoms with Crippen LogP contribution < -0.4 is 10.6 Å². The normalized spacial score (nSPS) is 10.7. The number of hydrogen-bond acceptors (Lipinski definition) is 4. The first kappa shape index (κ1) is 21.3. The summed E-state index contributed by atoms with van der Waals surface area (Å²) < 4.78 is 5.40. The van der Waals surface area contributed by atoms with Crippen LogP contribution in [0.25, 0.3) is 11.3 Å². The predicted octanol–water partition coefficient (Wildman–Crippen LogP) is 5.20. The molecular weight excluding hydrogens is 400 g/mol. The molecule has 0 saturated carbocycles. The third-order valence-corrected chi connectivity index (χ3v) is 4.78. The Hall–Kier alpha value is -3.45. The second-order valence-corrected chi connectivity index (χ2v) is 7.61. The van der Waals surface area contributed by atoms with Gasteiger partial charge in [-0.2, -0.15) is 0 Å². The monoisotopic (exact) mass is 422 g/mol. The summed E-state index contributed by atoms with van der Waals surface area (Å²) >= 11 is 5.31. The third-order valence-electron chi connectivity index (χ3n) is 4.57. The first-order valence-electron chi connectivity index (χ1n) is 9.41. The van der Waals surface area contributed by atoms with Gasteiger partial charge >= 0.3 is 5.97 Å². The number of hydrogen-bond donors (Lipinski definition) is 3. The fourth-order valence-electron chi connectivity index (χ4n) is 2.92. The summed E-state index contributed by atoms with van der Waals surface area (Å²) in [6.07, 6.45) is 0. The standard InChI is InChI=1S/C23H22N2O4S/c1-13(2)15-5-7-16(8-6-15)21(26)25-23(30)24-18-12-14(3)4-9-17(18)19-10-11-20(29-19)22(27)28/h4-13H,1-3H3,(H,27,28)(H2,24,25,26,30). The van der Waals surface area contributed by atoms with Crippen molar-refractivity contribution in [1.29, 1.82) is 0 Å². The summed E-state index contributed by atoms with van der Waals surface area (Å²) in [5.74, 6) is -0.851. The lowest BCUT2D eigenvalue weighted by atomic mass is 10.0. The maximum atomic E-state index is 12.5. The number of benzene rings is 2. The Morgan fingerprint density at radius 3 is 2.33 bits per heavy atom. The van der Waals surface area contributed by atoms with Crippen molar-refractivity contribution in [2.45, 2.75) is 26.7 Å². The van der Waals surface area contributed by atoms with E-state index in [1.807, 2.05) is 31.2 Å². The molecule has 0 spiro atoms. The lowest BCUT2D eigenvalue weighted by Crippen LogP contribution is -2.34. The van der Waals surface area contributed by atoms with E-state index in [2.05, 4.69) is 24.5 Å². The molecule has 154 valence electrons. The zero-order valence-electron chi connectivity index (χ0n) is 16.9. The molecule has 0 aliphatic carbocycles. The Kier molecular flexibility index (Phi) is 6.32. The minimum Gasteiger partial charge on any atom is -0.475 e. The highest BCUT2D eigenvalue weighted by Gasteiger charge is 2.15. The second kappa shape index (κ2) is 8.92. The minimum atomic E-state index is -1.14. The van der Waals surface area contributed by atoms with Crippen LogP contribution in [0.1, 0.15) is 51.8 Å². The smallest absolute Gasteiger partial charge is 0.371 e. The highest BCUT2D eigenvalue weighted by molar-refractivity contribution is 7.80. The number of thiocarbonyl (C=S) groups is 1. The van der Waals surface area contributed by atoms with Crippen LogP contribution in [0.2, 0.25) is 0 Å². The number of anilines is 1. The van der Waals surface area contributed by atoms with E-state index in [-0.39, 0.29) is 16.8 Å². The molecule has 1 amide bonds. The number of carboxylic acids is 1.